The molecule has 0 saturated carbocycles. The van der Waals surface area contributed by atoms with E-state index in [1.165, 1.54) is 0 Å². The quantitative estimate of drug-likeness (QED) is 0.124. The number of halogens is 6. The van der Waals surface area contributed by atoms with Crippen molar-refractivity contribution in [2.45, 2.75) is 153 Å². The summed E-state index contributed by atoms with van der Waals surface area (Å²) < 4.78 is 179. The third-order valence-corrected chi connectivity index (χ3v) is 18.2. The number of ether oxygens (including phenoxy) is 6. The van der Waals surface area contributed by atoms with Crippen LogP contribution in [0.3, 0.4) is 0 Å². The van der Waals surface area contributed by atoms with Gasteiger partial charge in [0.2, 0.25) is 0 Å². The summed E-state index contributed by atoms with van der Waals surface area (Å²) in [5, 5.41) is 0. The van der Waals surface area contributed by atoms with Gasteiger partial charge in [-0.3, -0.25) is 9.59 Å². The van der Waals surface area contributed by atoms with E-state index < -0.39 is 100 Å². The van der Waals surface area contributed by atoms with E-state index >= 15 is 0 Å². The Labute approximate surface area is 523 Å². The van der Waals surface area contributed by atoms with Crippen LogP contribution < -0.4 is 28.4 Å². The van der Waals surface area contributed by atoms with Gasteiger partial charge in [0.15, 0.2) is 13.2 Å². The first-order chi connectivity index (χ1) is 41.7. The summed E-state index contributed by atoms with van der Waals surface area (Å²) >= 11 is 0. The number of alkyl halides is 6. The third-order valence-electron chi connectivity index (χ3n) is 15.5. The lowest BCUT2D eigenvalue weighted by molar-refractivity contribution is -0.138. The number of rotatable bonds is 10. The van der Waals surface area contributed by atoms with Gasteiger partial charge in [-0.2, -0.15) is 26.3 Å². The number of hydrogen-bond acceptors (Lipinski definition) is 12. The molecule has 90 heavy (non-hydrogen) atoms. The molecule has 14 nitrogen and oxygen atoms in total. The van der Waals surface area contributed by atoms with Crippen molar-refractivity contribution in [3.63, 3.8) is 0 Å². The lowest BCUT2D eigenvalue weighted by Crippen LogP contribution is -2.34. The molecule has 0 fully saturated rings. The molecule has 2 aliphatic rings. The van der Waals surface area contributed by atoms with Gasteiger partial charge in [-0.05, 0) is 137 Å². The van der Waals surface area contributed by atoms with Gasteiger partial charge in [-0.15, -0.1) is 0 Å². The molecular formula is C68H78F6N2O12S2. The maximum Gasteiger partial charge on any atom is 0.416 e. The summed E-state index contributed by atoms with van der Waals surface area (Å²) in [7, 11) is -9.49. The molecule has 1 aliphatic carbocycles. The monoisotopic (exact) mass is 1290 g/mol. The Morgan fingerprint density at radius 1 is 0.389 bits per heavy atom. The van der Waals surface area contributed by atoms with E-state index in [2.05, 4.69) is 65.8 Å². The predicted octanol–water partition coefficient (Wildman–Crippen LogP) is 13.2. The van der Waals surface area contributed by atoms with Gasteiger partial charge >= 0.3 is 12.4 Å². The minimum Gasteiger partial charge on any atom is -0.491 e. The Morgan fingerprint density at radius 2 is 0.633 bits per heavy atom. The van der Waals surface area contributed by atoms with Crippen LogP contribution in [0.1, 0.15) is 161 Å². The van der Waals surface area contributed by atoms with E-state index in [4.69, 9.17) is 28.4 Å². The number of nitrogens with one attached hydrogen (secondary N) is 2. The summed E-state index contributed by atoms with van der Waals surface area (Å²) in [5.74, 6) is -0.897. The molecule has 6 aromatic rings. The van der Waals surface area contributed by atoms with Gasteiger partial charge in [-0.25, -0.2) is 26.3 Å². The molecule has 0 radical (unpaired) electrons. The molecule has 0 spiro atoms. The van der Waals surface area contributed by atoms with Crippen molar-refractivity contribution in [3.8, 4) is 23.0 Å². The number of fused-ring (bicyclic) bond motifs is 4. The Morgan fingerprint density at radius 3 is 0.900 bits per heavy atom. The maximum absolute atomic E-state index is 14.1. The summed E-state index contributed by atoms with van der Waals surface area (Å²) in [6.07, 6.45) is -9.12. The van der Waals surface area contributed by atoms with Gasteiger partial charge in [0.25, 0.3) is 31.9 Å². The molecule has 22 heteroatoms. The van der Waals surface area contributed by atoms with Gasteiger partial charge in [0, 0.05) is 25.7 Å². The molecule has 0 atom stereocenters. The molecule has 10 bridgehead atoms. The van der Waals surface area contributed by atoms with Crippen LogP contribution in [-0.4, -0.2) is 81.5 Å². The van der Waals surface area contributed by atoms with Gasteiger partial charge < -0.3 is 28.4 Å². The highest BCUT2D eigenvalue weighted by molar-refractivity contribution is 7.90. The Kier molecular flexibility index (Phi) is 20.0. The van der Waals surface area contributed by atoms with Crippen LogP contribution in [0.15, 0.2) is 107 Å². The zero-order valence-corrected chi connectivity index (χ0v) is 54.3. The lowest BCUT2D eigenvalue weighted by Gasteiger charge is -2.29. The highest BCUT2D eigenvalue weighted by Crippen LogP contribution is 2.45. The molecule has 0 saturated heterocycles. The van der Waals surface area contributed by atoms with Gasteiger partial charge in [0.05, 0.1) is 47.3 Å². The molecule has 2 amide bonds. The average Bonchev–Trinajstić information content (AvgIpc) is 0.801. The van der Waals surface area contributed by atoms with E-state index in [1.54, 1.807) is 0 Å². The van der Waals surface area contributed by atoms with Crippen molar-refractivity contribution in [1.29, 1.82) is 0 Å². The first kappa shape index (κ1) is 68.8. The highest BCUT2D eigenvalue weighted by Gasteiger charge is 2.34. The average molecular weight is 1290 g/mol. The second-order valence-electron chi connectivity index (χ2n) is 26.8. The summed E-state index contributed by atoms with van der Waals surface area (Å²) in [4.78, 5) is 26.9. The number of amides is 2. The van der Waals surface area contributed by atoms with Crippen LogP contribution in [0.4, 0.5) is 26.3 Å². The zero-order chi connectivity index (χ0) is 66.2. The van der Waals surface area contributed by atoms with E-state index in [9.17, 15) is 52.8 Å². The second kappa shape index (κ2) is 26.2. The fraction of sp³-hybridized carbons (Fsp3) is 0.441. The first-order valence-corrected chi connectivity index (χ1v) is 32.4. The lowest BCUT2D eigenvalue weighted by atomic mass is 9.79. The molecule has 1 aliphatic heterocycles. The van der Waals surface area contributed by atoms with Crippen LogP contribution in [-0.2, 0) is 98.8 Å². The Hall–Kier alpha value is -7.14. The minimum absolute atomic E-state index is 0.0720. The summed E-state index contributed by atoms with van der Waals surface area (Å²) in [5.41, 5.74) is 4.39. The van der Waals surface area contributed by atoms with Crippen LogP contribution in [0, 0.1) is 0 Å². The number of carbonyl (C=O) groups excluding carboxylic acids is 2. The van der Waals surface area contributed by atoms with Crippen LogP contribution in [0.2, 0.25) is 0 Å². The Balaban J connectivity index is 1.39. The van der Waals surface area contributed by atoms with Crippen molar-refractivity contribution in [2.75, 3.05) is 52.9 Å². The van der Waals surface area contributed by atoms with E-state index in [0.29, 0.717) is 58.0 Å². The van der Waals surface area contributed by atoms with Gasteiger partial charge in [0.1, 0.15) is 36.2 Å². The molecule has 0 unspecified atom stereocenters. The van der Waals surface area contributed by atoms with Crippen molar-refractivity contribution in [2.24, 2.45) is 0 Å². The molecule has 8 rings (SSSR count). The number of carbonyl (C=O) groups is 2. The zero-order valence-electron chi connectivity index (χ0n) is 52.7. The van der Waals surface area contributed by atoms with Crippen molar-refractivity contribution < 1.29 is 81.2 Å². The smallest absolute Gasteiger partial charge is 0.416 e. The molecule has 1 heterocycles. The normalized spacial score (nSPS) is 15.0. The van der Waals surface area contributed by atoms with E-state index in [-0.39, 0.29) is 76.8 Å². The first-order valence-electron chi connectivity index (χ1n) is 29.4. The van der Waals surface area contributed by atoms with Crippen molar-refractivity contribution >= 4 is 31.9 Å². The molecule has 2 N–H and O–H groups in total. The van der Waals surface area contributed by atoms with Crippen LogP contribution in [0.25, 0.3) is 0 Å². The molecule has 486 valence electrons. The van der Waals surface area contributed by atoms with Crippen LogP contribution in [0.5, 0.6) is 23.0 Å². The predicted molar refractivity (Wildman–Crippen MR) is 329 cm³/mol. The van der Waals surface area contributed by atoms with E-state index in [0.717, 1.165) is 68.8 Å². The third kappa shape index (κ3) is 17.1. The summed E-state index contributed by atoms with van der Waals surface area (Å²) in [6.45, 7) is 24.1. The van der Waals surface area contributed by atoms with Crippen molar-refractivity contribution in [3.05, 3.63) is 175 Å². The topological polar surface area (TPSA) is 182 Å². The van der Waals surface area contributed by atoms with E-state index in [1.807, 2.05) is 75.3 Å². The number of sulfonamides is 2. The second-order valence-corrected chi connectivity index (χ2v) is 30.2. The standard InChI is InChI=1S/C68H78F6N2O12S2/c1-63(2,3)51-31-41-27-42-32-52(64(4,5)6)34-44-29-46-36-54(66(10,11)12)38-48(62(46)88-40-58(78)76-90(81,82)56-19-15-50(16-20-56)68(72,73)74)30-47-37-53(65(7,8)9)35-45(28-43(33-51)59(41)85-25-23-83-21-22-84-24-26-86-60(42)44)61(47)87-39-57(77)75-89(79,80)55-17-13-49(14-18-55)67(69,70)71/h13-20,31-38H,21-30,39-40H2,1-12H3,(H,75,77)(H,76,78). The fourth-order valence-corrected chi connectivity index (χ4v) is 12.4. The molecule has 0 aromatic heterocycles. The highest BCUT2D eigenvalue weighted by atomic mass is 32.2. The molecule has 6 aromatic carbocycles. The summed E-state index contributed by atoms with van der Waals surface area (Å²) in [6, 6.07) is 21.4. The Bertz CT molecular complexity index is 3620. The number of hydrogen-bond donors (Lipinski definition) is 2. The van der Waals surface area contributed by atoms with Crippen molar-refractivity contribution in [1.82, 2.24) is 9.44 Å². The number of benzene rings is 6. The fourth-order valence-electron chi connectivity index (χ4n) is 10.5. The van der Waals surface area contributed by atoms with Gasteiger partial charge in [-0.1, -0.05) is 132 Å². The molecular weight excluding hydrogens is 1210 g/mol. The maximum atomic E-state index is 14.1. The van der Waals surface area contributed by atoms with Crippen LogP contribution >= 0.6 is 0 Å². The largest absolute Gasteiger partial charge is 0.491 e. The SMILES string of the molecule is CC(C)(C)c1cc2c3c(c1)Cc1cc(C(C)(C)C)cc(c1OCC(=O)NS(=O)(=O)c1ccc(C(F)(F)F)cc1)Cc1cc(C(C)(C)C)cc(c1OCC(=O)NS(=O)(=O)c1ccc(C(F)(F)F)cc1)Cc1cc(C(C)(C)C)cc(c1OCCOCCOCCO3)C2. The minimum atomic E-state index is -4.76.